The molecule has 1 N–H and O–H groups in total. The molecule has 7 nitrogen and oxygen atoms in total. The molecule has 1 heterocycles. The van der Waals surface area contributed by atoms with Crippen LogP contribution in [-0.4, -0.2) is 47.6 Å². The van der Waals surface area contributed by atoms with Crippen molar-refractivity contribution < 1.29 is 32.2 Å². The third kappa shape index (κ3) is 5.95. The van der Waals surface area contributed by atoms with Gasteiger partial charge in [0.25, 0.3) is 0 Å². The second-order valence-corrected chi connectivity index (χ2v) is 11.4. The van der Waals surface area contributed by atoms with E-state index in [2.05, 4.69) is 0 Å². The molecule has 1 saturated heterocycles. The molecule has 34 heavy (non-hydrogen) atoms. The topological polar surface area (TPSA) is 93.1 Å². The monoisotopic (exact) mass is 493 g/mol. The lowest BCUT2D eigenvalue weighted by molar-refractivity contribution is -0.173. The smallest absolute Gasteiger partial charge is 0.327 e. The predicted octanol–water partition coefficient (Wildman–Crippen LogP) is 4.04. The van der Waals surface area contributed by atoms with Crippen LogP contribution in [0.2, 0.25) is 0 Å². The maximum atomic E-state index is 13.5. The molecule has 1 fully saturated rings. The highest BCUT2D eigenvalue weighted by Crippen LogP contribution is 2.36. The third-order valence-corrected chi connectivity index (χ3v) is 7.66. The van der Waals surface area contributed by atoms with Crippen LogP contribution in [0.4, 0.5) is 4.39 Å². The summed E-state index contributed by atoms with van der Waals surface area (Å²) < 4.78 is 52.3. The van der Waals surface area contributed by atoms with E-state index in [1.165, 1.54) is 36.4 Å². The number of hydrogen-bond acceptors (Lipinski definition) is 6. The quantitative estimate of drug-likeness (QED) is 0.585. The van der Waals surface area contributed by atoms with Gasteiger partial charge in [0.2, 0.25) is 10.0 Å². The van der Waals surface area contributed by atoms with Gasteiger partial charge < -0.3 is 14.6 Å². The average Bonchev–Trinajstić information content (AvgIpc) is 2.77. The minimum atomic E-state index is -4.11. The fourth-order valence-electron chi connectivity index (χ4n) is 3.99. The standard InChI is InChI=1S/C25H32FNO6S/c1-5-25(29)15-6-16-27(22(25)23(28)33-24(2,3)4)34(30,31)21-13-11-20(12-14-21)32-17-18-7-9-19(26)10-8-18/h7-14,22,29H,5-6,15-17H2,1-4H3. The van der Waals surface area contributed by atoms with Crippen LogP contribution in [0.3, 0.4) is 0 Å². The summed E-state index contributed by atoms with van der Waals surface area (Å²) in [5, 5.41) is 11.2. The van der Waals surface area contributed by atoms with Gasteiger partial charge in [-0.15, -0.1) is 0 Å². The summed E-state index contributed by atoms with van der Waals surface area (Å²) in [6, 6.07) is 10.4. The van der Waals surface area contributed by atoms with E-state index in [9.17, 15) is 22.7 Å². The molecule has 186 valence electrons. The first kappa shape index (κ1) is 26.1. The number of esters is 1. The minimum Gasteiger partial charge on any atom is -0.489 e. The van der Waals surface area contributed by atoms with Gasteiger partial charge in [-0.05, 0) is 82.0 Å². The molecule has 0 spiro atoms. The van der Waals surface area contributed by atoms with Gasteiger partial charge in [-0.2, -0.15) is 4.31 Å². The normalized spacial score (nSPS) is 21.8. The Hall–Kier alpha value is -2.49. The van der Waals surface area contributed by atoms with Crippen molar-refractivity contribution in [2.24, 2.45) is 0 Å². The first-order chi connectivity index (χ1) is 15.9. The summed E-state index contributed by atoms with van der Waals surface area (Å²) in [5.41, 5.74) is -1.58. The summed E-state index contributed by atoms with van der Waals surface area (Å²) in [4.78, 5) is 13.0. The summed E-state index contributed by atoms with van der Waals surface area (Å²) in [6.45, 7) is 7.10. The van der Waals surface area contributed by atoms with Crippen molar-refractivity contribution in [3.05, 3.63) is 59.9 Å². The Morgan fingerprint density at radius 2 is 1.76 bits per heavy atom. The summed E-state index contributed by atoms with van der Waals surface area (Å²) in [6.07, 6.45) is 0.927. The van der Waals surface area contributed by atoms with E-state index in [4.69, 9.17) is 9.47 Å². The second-order valence-electron chi connectivity index (χ2n) is 9.50. The SMILES string of the molecule is CCC1(O)CCCN(S(=O)(=O)c2ccc(OCc3ccc(F)cc3)cc2)C1C(=O)OC(C)(C)C. The van der Waals surface area contributed by atoms with Crippen molar-refractivity contribution in [2.75, 3.05) is 6.54 Å². The van der Waals surface area contributed by atoms with Crippen molar-refractivity contribution in [1.29, 1.82) is 0 Å². The maximum absolute atomic E-state index is 13.5. The molecule has 9 heteroatoms. The number of rotatable bonds is 7. The van der Waals surface area contributed by atoms with E-state index in [1.807, 2.05) is 0 Å². The van der Waals surface area contributed by atoms with Crippen molar-refractivity contribution in [1.82, 2.24) is 4.31 Å². The molecule has 0 radical (unpaired) electrons. The van der Waals surface area contributed by atoms with Crippen LogP contribution in [0.15, 0.2) is 53.4 Å². The third-order valence-electron chi connectivity index (χ3n) is 5.78. The van der Waals surface area contributed by atoms with Crippen LogP contribution in [0.25, 0.3) is 0 Å². The zero-order chi connectivity index (χ0) is 25.1. The Labute approximate surface area is 200 Å². The number of halogens is 1. The van der Waals surface area contributed by atoms with Gasteiger partial charge in [0.05, 0.1) is 10.5 Å². The highest BCUT2D eigenvalue weighted by Gasteiger charge is 2.52. The van der Waals surface area contributed by atoms with Crippen LogP contribution >= 0.6 is 0 Å². The van der Waals surface area contributed by atoms with Gasteiger partial charge in [0, 0.05) is 6.54 Å². The largest absolute Gasteiger partial charge is 0.489 e. The van der Waals surface area contributed by atoms with E-state index in [-0.39, 0.29) is 30.3 Å². The molecule has 3 rings (SSSR count). The van der Waals surface area contributed by atoms with Crippen LogP contribution in [-0.2, 0) is 26.2 Å². The summed E-state index contributed by atoms with van der Waals surface area (Å²) >= 11 is 0. The predicted molar refractivity (Wildman–Crippen MR) is 125 cm³/mol. The Morgan fingerprint density at radius 3 is 2.32 bits per heavy atom. The molecular formula is C25H32FNO6S. The molecule has 2 atom stereocenters. The van der Waals surface area contributed by atoms with E-state index >= 15 is 0 Å². The van der Waals surface area contributed by atoms with Crippen molar-refractivity contribution in [3.8, 4) is 5.75 Å². The summed E-state index contributed by atoms with van der Waals surface area (Å²) in [5.74, 6) is -0.661. The molecule has 1 aliphatic heterocycles. The molecule has 0 aromatic heterocycles. The van der Waals surface area contributed by atoms with Crippen LogP contribution < -0.4 is 4.74 Å². The number of carbonyl (C=O) groups is 1. The number of benzene rings is 2. The van der Waals surface area contributed by atoms with E-state index in [1.54, 1.807) is 39.8 Å². The van der Waals surface area contributed by atoms with E-state index in [0.29, 0.717) is 18.6 Å². The van der Waals surface area contributed by atoms with Crippen LogP contribution in [0.1, 0.15) is 52.5 Å². The number of carbonyl (C=O) groups excluding carboxylic acids is 1. The van der Waals surface area contributed by atoms with Crippen molar-refractivity contribution >= 4 is 16.0 Å². The van der Waals surface area contributed by atoms with Crippen LogP contribution in [0.5, 0.6) is 5.75 Å². The maximum Gasteiger partial charge on any atom is 0.327 e. The Balaban J connectivity index is 1.83. The Kier molecular flexibility index (Phi) is 7.69. The highest BCUT2D eigenvalue weighted by atomic mass is 32.2. The molecule has 0 amide bonds. The van der Waals surface area contributed by atoms with E-state index in [0.717, 1.165) is 9.87 Å². The first-order valence-electron chi connectivity index (χ1n) is 11.3. The van der Waals surface area contributed by atoms with Gasteiger partial charge in [-0.25, -0.2) is 12.8 Å². The molecule has 1 aliphatic rings. The fourth-order valence-corrected chi connectivity index (χ4v) is 5.67. The number of nitrogens with zero attached hydrogens (tertiary/aromatic N) is 1. The summed E-state index contributed by atoms with van der Waals surface area (Å²) in [7, 11) is -4.11. The molecule has 2 aromatic carbocycles. The van der Waals surface area contributed by atoms with Crippen molar-refractivity contribution in [3.63, 3.8) is 0 Å². The highest BCUT2D eigenvalue weighted by molar-refractivity contribution is 7.89. The number of sulfonamides is 1. The number of ether oxygens (including phenoxy) is 2. The molecule has 0 saturated carbocycles. The number of aliphatic hydroxyl groups is 1. The molecular weight excluding hydrogens is 461 g/mol. The lowest BCUT2D eigenvalue weighted by Gasteiger charge is -2.44. The molecule has 0 bridgehead atoms. The van der Waals surface area contributed by atoms with Gasteiger partial charge in [-0.3, -0.25) is 4.79 Å². The zero-order valence-electron chi connectivity index (χ0n) is 20.0. The fraction of sp³-hybridized carbons (Fsp3) is 0.480. The molecule has 2 aromatic rings. The lowest BCUT2D eigenvalue weighted by atomic mass is 9.83. The van der Waals surface area contributed by atoms with Crippen LogP contribution in [0, 0.1) is 5.82 Å². The van der Waals surface area contributed by atoms with Gasteiger partial charge in [0.15, 0.2) is 6.04 Å². The minimum absolute atomic E-state index is 0.0180. The van der Waals surface area contributed by atoms with Gasteiger partial charge in [0.1, 0.15) is 23.8 Å². The zero-order valence-corrected chi connectivity index (χ0v) is 20.8. The van der Waals surface area contributed by atoms with Crippen molar-refractivity contribution in [2.45, 2.75) is 75.7 Å². The van der Waals surface area contributed by atoms with E-state index < -0.39 is 33.2 Å². The average molecular weight is 494 g/mol. The number of hydrogen-bond donors (Lipinski definition) is 1. The number of piperidine rings is 1. The Bertz CT molecular complexity index is 1100. The Morgan fingerprint density at radius 1 is 1.15 bits per heavy atom. The van der Waals surface area contributed by atoms with Gasteiger partial charge >= 0.3 is 5.97 Å². The van der Waals surface area contributed by atoms with Gasteiger partial charge in [-0.1, -0.05) is 19.1 Å². The lowest BCUT2D eigenvalue weighted by Crippen LogP contribution is -2.62. The second kappa shape index (κ2) is 10.0. The molecule has 2 unspecified atom stereocenters. The molecule has 0 aliphatic carbocycles. The first-order valence-corrected chi connectivity index (χ1v) is 12.7.